The van der Waals surface area contributed by atoms with Crippen LogP contribution >= 0.6 is 0 Å². The van der Waals surface area contributed by atoms with Crippen molar-refractivity contribution in [1.82, 2.24) is 15.5 Å². The van der Waals surface area contributed by atoms with Crippen LogP contribution in [0.25, 0.3) is 0 Å². The van der Waals surface area contributed by atoms with Gasteiger partial charge in [0.1, 0.15) is 11.6 Å². The van der Waals surface area contributed by atoms with Crippen molar-refractivity contribution in [1.29, 1.82) is 0 Å². The molecular formula is C24H43N3O5Si. The minimum absolute atomic E-state index is 0.0452. The Hall–Kier alpha value is -1.87. The number of urea groups is 1. The summed E-state index contributed by atoms with van der Waals surface area (Å²) in [6, 6.07) is -1.10. The van der Waals surface area contributed by atoms with Gasteiger partial charge < -0.3 is 24.7 Å². The first kappa shape index (κ1) is 27.4. The summed E-state index contributed by atoms with van der Waals surface area (Å²) in [6.07, 6.45) is 7.60. The first-order chi connectivity index (χ1) is 15.3. The lowest BCUT2D eigenvalue weighted by Crippen LogP contribution is -2.56. The first-order valence-corrected chi connectivity index (χ1v) is 15.1. The fourth-order valence-electron chi connectivity index (χ4n) is 3.67. The Morgan fingerprint density at radius 1 is 1.27 bits per heavy atom. The van der Waals surface area contributed by atoms with Crippen LogP contribution in [0.15, 0.2) is 12.2 Å². The molecule has 1 aliphatic carbocycles. The standard InChI is InChI=1S/C24H43N3O5Si/c1-8-31-21(29)24-17-18(24)13-11-9-10-12-15-27(5)22(30)25-19(20(28)26-24)14-16-32-33(6,7)23(2,3)4/h11,13,18-19H,8-10,12,14-17H2,1-7H3,(H,25,30)(H,26,28)/b13-11-/t18-,19-,24+/m0/s1. The molecule has 2 N–H and O–H groups in total. The summed E-state index contributed by atoms with van der Waals surface area (Å²) >= 11 is 0. The lowest BCUT2D eigenvalue weighted by molar-refractivity contribution is -0.149. The van der Waals surface area contributed by atoms with Gasteiger partial charge in [0.05, 0.1) is 6.61 Å². The highest BCUT2D eigenvalue weighted by Gasteiger charge is 2.61. The Morgan fingerprint density at radius 2 is 1.97 bits per heavy atom. The lowest BCUT2D eigenvalue weighted by atomic mass is 10.1. The Bertz CT molecular complexity index is 749. The van der Waals surface area contributed by atoms with Gasteiger partial charge in [0, 0.05) is 26.1 Å². The summed E-state index contributed by atoms with van der Waals surface area (Å²) in [5.41, 5.74) is -1.05. The summed E-state index contributed by atoms with van der Waals surface area (Å²) in [7, 11) is -0.265. The molecule has 33 heavy (non-hydrogen) atoms. The fourth-order valence-corrected chi connectivity index (χ4v) is 4.73. The van der Waals surface area contributed by atoms with E-state index in [0.29, 0.717) is 26.0 Å². The molecule has 1 fully saturated rings. The van der Waals surface area contributed by atoms with Gasteiger partial charge in [-0.2, -0.15) is 0 Å². The van der Waals surface area contributed by atoms with Gasteiger partial charge in [-0.25, -0.2) is 9.59 Å². The number of fused-ring (bicyclic) bond motifs is 1. The minimum Gasteiger partial charge on any atom is -0.464 e. The van der Waals surface area contributed by atoms with E-state index in [9.17, 15) is 14.4 Å². The number of rotatable bonds is 6. The molecule has 0 aromatic rings. The number of hydrogen-bond donors (Lipinski definition) is 2. The molecule has 0 saturated heterocycles. The second-order valence-corrected chi connectivity index (χ2v) is 15.5. The predicted octanol–water partition coefficient (Wildman–Crippen LogP) is 3.59. The number of amides is 3. The van der Waals surface area contributed by atoms with Crippen molar-refractivity contribution in [2.24, 2.45) is 5.92 Å². The van der Waals surface area contributed by atoms with E-state index in [1.54, 1.807) is 18.9 Å². The van der Waals surface area contributed by atoms with Gasteiger partial charge in [-0.3, -0.25) is 4.79 Å². The lowest BCUT2D eigenvalue weighted by Gasteiger charge is -2.36. The van der Waals surface area contributed by atoms with E-state index in [2.05, 4.69) is 50.6 Å². The molecule has 3 amide bonds. The first-order valence-electron chi connectivity index (χ1n) is 12.2. The molecule has 1 heterocycles. The van der Waals surface area contributed by atoms with E-state index in [1.807, 2.05) is 6.08 Å². The molecule has 1 aliphatic heterocycles. The molecule has 3 atom stereocenters. The van der Waals surface area contributed by atoms with Crippen molar-refractivity contribution in [2.75, 3.05) is 26.8 Å². The molecule has 0 bridgehead atoms. The van der Waals surface area contributed by atoms with Crippen molar-refractivity contribution < 1.29 is 23.5 Å². The van der Waals surface area contributed by atoms with E-state index in [0.717, 1.165) is 19.3 Å². The third-order valence-corrected chi connectivity index (χ3v) is 11.7. The van der Waals surface area contributed by atoms with E-state index < -0.39 is 25.9 Å². The molecule has 0 unspecified atom stereocenters. The molecule has 2 rings (SSSR count). The zero-order valence-electron chi connectivity index (χ0n) is 21.5. The number of hydrogen-bond acceptors (Lipinski definition) is 5. The molecule has 9 heteroatoms. The third-order valence-electron chi connectivity index (χ3n) is 7.12. The van der Waals surface area contributed by atoms with Crippen LogP contribution in [0, 0.1) is 5.92 Å². The van der Waals surface area contributed by atoms with Gasteiger partial charge in [-0.05, 0) is 57.2 Å². The number of ether oxygens (including phenoxy) is 1. The number of carbonyl (C=O) groups excluding carboxylic acids is 3. The molecule has 0 spiro atoms. The molecule has 1 saturated carbocycles. The van der Waals surface area contributed by atoms with Crippen LogP contribution < -0.4 is 10.6 Å². The molecule has 0 aromatic carbocycles. The second-order valence-electron chi connectivity index (χ2n) is 10.7. The highest BCUT2D eigenvalue weighted by atomic mass is 28.4. The van der Waals surface area contributed by atoms with Crippen LogP contribution in [0.2, 0.25) is 18.1 Å². The van der Waals surface area contributed by atoms with E-state index in [-0.39, 0.29) is 29.5 Å². The largest absolute Gasteiger partial charge is 0.464 e. The zero-order chi connectivity index (χ0) is 24.9. The zero-order valence-corrected chi connectivity index (χ0v) is 22.5. The van der Waals surface area contributed by atoms with Crippen molar-refractivity contribution in [3.63, 3.8) is 0 Å². The minimum atomic E-state index is -2.00. The number of nitrogens with one attached hydrogen (secondary N) is 2. The van der Waals surface area contributed by atoms with Crippen LogP contribution in [0.1, 0.15) is 59.8 Å². The van der Waals surface area contributed by atoms with Crippen LogP contribution in [0.5, 0.6) is 0 Å². The maximum absolute atomic E-state index is 13.3. The quantitative estimate of drug-likeness (QED) is 0.343. The summed E-state index contributed by atoms with van der Waals surface area (Å²) in [5.74, 6) is -0.887. The maximum Gasteiger partial charge on any atom is 0.332 e. The second kappa shape index (κ2) is 11.0. The van der Waals surface area contributed by atoms with E-state index in [1.165, 1.54) is 0 Å². The van der Waals surface area contributed by atoms with Crippen molar-refractivity contribution in [2.45, 2.75) is 89.5 Å². The molecule has 0 aromatic heterocycles. The monoisotopic (exact) mass is 481 g/mol. The summed E-state index contributed by atoms with van der Waals surface area (Å²) < 4.78 is 11.5. The van der Waals surface area contributed by atoms with Gasteiger partial charge in [0.15, 0.2) is 8.32 Å². The average Bonchev–Trinajstić information content (AvgIpc) is 3.41. The molecule has 8 nitrogen and oxygen atoms in total. The SMILES string of the molecule is CCOC(=O)[C@@]12C[C@@H]1/C=C\CCCCN(C)C(=O)N[C@@H](CCO[Si](C)(C)C(C)(C)C)C(=O)N2. The molecule has 0 radical (unpaired) electrons. The van der Waals surface area contributed by atoms with Crippen LogP contribution in [0.4, 0.5) is 4.79 Å². The fraction of sp³-hybridized carbons (Fsp3) is 0.792. The van der Waals surface area contributed by atoms with Crippen molar-refractivity contribution >= 4 is 26.2 Å². The number of carbonyl (C=O) groups is 3. The normalized spacial score (nSPS) is 28.2. The maximum atomic E-state index is 13.3. The van der Waals surface area contributed by atoms with Gasteiger partial charge in [0.2, 0.25) is 5.91 Å². The van der Waals surface area contributed by atoms with Crippen LogP contribution in [-0.2, 0) is 18.8 Å². The molecule has 188 valence electrons. The Kier molecular flexibility index (Phi) is 9.15. The summed E-state index contributed by atoms with van der Waals surface area (Å²) in [5, 5.41) is 5.84. The van der Waals surface area contributed by atoms with Crippen molar-refractivity contribution in [3.05, 3.63) is 12.2 Å². The smallest absolute Gasteiger partial charge is 0.332 e. The third kappa shape index (κ3) is 7.05. The van der Waals surface area contributed by atoms with Gasteiger partial charge in [-0.1, -0.05) is 32.9 Å². The van der Waals surface area contributed by atoms with Gasteiger partial charge in [-0.15, -0.1) is 0 Å². The van der Waals surface area contributed by atoms with Crippen molar-refractivity contribution in [3.8, 4) is 0 Å². The Morgan fingerprint density at radius 3 is 2.61 bits per heavy atom. The molecular weight excluding hydrogens is 438 g/mol. The summed E-state index contributed by atoms with van der Waals surface area (Å²) in [4.78, 5) is 40.4. The topological polar surface area (TPSA) is 97.0 Å². The Labute approximate surface area is 200 Å². The molecule has 2 aliphatic rings. The predicted molar refractivity (Wildman–Crippen MR) is 131 cm³/mol. The van der Waals surface area contributed by atoms with Crippen LogP contribution in [0.3, 0.4) is 0 Å². The number of allylic oxidation sites excluding steroid dienone is 1. The average molecular weight is 482 g/mol. The number of nitrogens with zero attached hydrogens (tertiary/aromatic N) is 1. The van der Waals surface area contributed by atoms with Crippen LogP contribution in [-0.4, -0.2) is 69.5 Å². The van der Waals surface area contributed by atoms with E-state index in [4.69, 9.17) is 9.16 Å². The van der Waals surface area contributed by atoms with Gasteiger partial charge in [0.25, 0.3) is 0 Å². The highest BCUT2D eigenvalue weighted by Crippen LogP contribution is 2.46. The van der Waals surface area contributed by atoms with E-state index >= 15 is 0 Å². The van der Waals surface area contributed by atoms with Gasteiger partial charge >= 0.3 is 12.0 Å². The number of esters is 1. The summed E-state index contributed by atoms with van der Waals surface area (Å²) in [6.45, 7) is 13.8. The Balaban J connectivity index is 2.21. The highest BCUT2D eigenvalue weighted by molar-refractivity contribution is 6.74.